The average molecular weight is 274 g/mol. The third-order valence-corrected chi connectivity index (χ3v) is 3.14. The maximum absolute atomic E-state index is 4.45. The molecule has 6 heteroatoms. The molecular formula is C14H22N6. The van der Waals surface area contributed by atoms with Gasteiger partial charge in [0.05, 0.1) is 11.9 Å². The van der Waals surface area contributed by atoms with Crippen molar-refractivity contribution in [1.29, 1.82) is 0 Å². The van der Waals surface area contributed by atoms with Crippen LogP contribution < -0.4 is 5.32 Å². The van der Waals surface area contributed by atoms with Crippen molar-refractivity contribution in [3.05, 3.63) is 18.1 Å². The van der Waals surface area contributed by atoms with E-state index in [0.717, 1.165) is 55.1 Å². The minimum absolute atomic E-state index is 0.847. The van der Waals surface area contributed by atoms with Gasteiger partial charge in [-0.3, -0.25) is 0 Å². The molecule has 0 aromatic carbocycles. The minimum atomic E-state index is 0.847. The van der Waals surface area contributed by atoms with Crippen molar-refractivity contribution in [1.82, 2.24) is 25.0 Å². The molecule has 0 atom stereocenters. The maximum atomic E-state index is 4.45. The first-order chi connectivity index (χ1) is 9.81. The molecule has 108 valence electrons. The van der Waals surface area contributed by atoms with Gasteiger partial charge >= 0.3 is 0 Å². The second-order valence-corrected chi connectivity index (χ2v) is 4.67. The zero-order chi connectivity index (χ0) is 14.4. The lowest BCUT2D eigenvalue weighted by Crippen LogP contribution is -2.09. The van der Waals surface area contributed by atoms with Gasteiger partial charge in [0.1, 0.15) is 17.8 Å². The number of aryl methyl sites for hydroxylation is 1. The first-order valence-corrected chi connectivity index (χ1v) is 7.28. The second-order valence-electron chi connectivity index (χ2n) is 4.67. The molecule has 2 rings (SSSR count). The molecule has 0 aliphatic heterocycles. The minimum Gasteiger partial charge on any atom is -0.370 e. The molecule has 0 unspecified atom stereocenters. The predicted octanol–water partition coefficient (Wildman–Crippen LogP) is 2.53. The van der Waals surface area contributed by atoms with Crippen molar-refractivity contribution in [3.8, 4) is 11.4 Å². The molecule has 0 saturated heterocycles. The summed E-state index contributed by atoms with van der Waals surface area (Å²) in [4.78, 5) is 8.81. The van der Waals surface area contributed by atoms with Gasteiger partial charge in [-0.25, -0.2) is 14.6 Å². The number of anilines is 1. The lowest BCUT2D eigenvalue weighted by molar-refractivity contribution is 0.583. The highest BCUT2D eigenvalue weighted by molar-refractivity contribution is 5.64. The summed E-state index contributed by atoms with van der Waals surface area (Å²) in [6, 6.07) is 0. The second kappa shape index (κ2) is 6.98. The zero-order valence-corrected chi connectivity index (χ0v) is 12.4. The van der Waals surface area contributed by atoms with Crippen molar-refractivity contribution >= 4 is 5.82 Å². The molecule has 1 N–H and O–H groups in total. The van der Waals surface area contributed by atoms with Crippen molar-refractivity contribution in [2.45, 2.75) is 46.6 Å². The molecule has 0 bridgehead atoms. The van der Waals surface area contributed by atoms with Crippen LogP contribution in [0, 0.1) is 0 Å². The quantitative estimate of drug-likeness (QED) is 0.840. The fourth-order valence-corrected chi connectivity index (χ4v) is 2.18. The van der Waals surface area contributed by atoms with E-state index >= 15 is 0 Å². The standard InChI is InChI=1S/C14H22N6/c1-4-7-15-14-11(6-3)13(16-10-17-14)12-9-18-19-20(12)8-5-2/h9-10H,4-8H2,1-3H3,(H,15,16,17). The van der Waals surface area contributed by atoms with Gasteiger partial charge in [0.2, 0.25) is 0 Å². The molecule has 0 aliphatic carbocycles. The number of nitrogens with zero attached hydrogens (tertiary/aromatic N) is 5. The summed E-state index contributed by atoms with van der Waals surface area (Å²) in [6.07, 6.45) is 6.34. The van der Waals surface area contributed by atoms with Crippen LogP contribution in [-0.2, 0) is 13.0 Å². The molecule has 0 amide bonds. The fraction of sp³-hybridized carbons (Fsp3) is 0.571. The SMILES string of the molecule is CCCNc1ncnc(-c2cnnn2CCC)c1CC. The summed E-state index contributed by atoms with van der Waals surface area (Å²) in [6.45, 7) is 8.14. The van der Waals surface area contributed by atoms with Crippen molar-refractivity contribution in [3.63, 3.8) is 0 Å². The van der Waals surface area contributed by atoms with E-state index < -0.39 is 0 Å². The van der Waals surface area contributed by atoms with Crippen LogP contribution in [0.25, 0.3) is 11.4 Å². The molecule has 0 spiro atoms. The smallest absolute Gasteiger partial charge is 0.133 e. The van der Waals surface area contributed by atoms with Gasteiger partial charge in [0.15, 0.2) is 0 Å². The average Bonchev–Trinajstić information content (AvgIpc) is 2.93. The van der Waals surface area contributed by atoms with Gasteiger partial charge in [-0.1, -0.05) is 26.0 Å². The molecule has 0 saturated carbocycles. The fourth-order valence-electron chi connectivity index (χ4n) is 2.18. The Balaban J connectivity index is 2.42. The first kappa shape index (κ1) is 14.4. The number of rotatable bonds is 7. The van der Waals surface area contributed by atoms with Crippen LogP contribution in [0.3, 0.4) is 0 Å². The zero-order valence-electron chi connectivity index (χ0n) is 12.4. The van der Waals surface area contributed by atoms with Gasteiger partial charge in [-0.05, 0) is 19.3 Å². The summed E-state index contributed by atoms with van der Waals surface area (Å²) in [5.41, 5.74) is 3.02. The maximum Gasteiger partial charge on any atom is 0.133 e. The molecule has 2 aromatic rings. The highest BCUT2D eigenvalue weighted by Crippen LogP contribution is 2.25. The summed E-state index contributed by atoms with van der Waals surface area (Å²) in [5.74, 6) is 0.920. The van der Waals surface area contributed by atoms with E-state index in [1.807, 2.05) is 4.68 Å². The number of hydrogen-bond acceptors (Lipinski definition) is 5. The molecule has 0 radical (unpaired) electrons. The summed E-state index contributed by atoms with van der Waals surface area (Å²) < 4.78 is 1.91. The van der Waals surface area contributed by atoms with E-state index in [1.165, 1.54) is 0 Å². The van der Waals surface area contributed by atoms with E-state index in [-0.39, 0.29) is 0 Å². The van der Waals surface area contributed by atoms with Gasteiger partial charge in [0.25, 0.3) is 0 Å². The van der Waals surface area contributed by atoms with Crippen LogP contribution in [0.1, 0.15) is 39.2 Å². The molecule has 0 aliphatic rings. The van der Waals surface area contributed by atoms with Crippen molar-refractivity contribution in [2.75, 3.05) is 11.9 Å². The van der Waals surface area contributed by atoms with E-state index in [1.54, 1.807) is 12.5 Å². The molecular weight excluding hydrogens is 252 g/mol. The van der Waals surface area contributed by atoms with Crippen LogP contribution in [-0.4, -0.2) is 31.5 Å². The third kappa shape index (κ3) is 2.95. The van der Waals surface area contributed by atoms with Crippen LogP contribution in [0.5, 0.6) is 0 Å². The van der Waals surface area contributed by atoms with E-state index in [2.05, 4.69) is 46.4 Å². The van der Waals surface area contributed by atoms with Crippen LogP contribution in [0.2, 0.25) is 0 Å². The predicted molar refractivity (Wildman–Crippen MR) is 79.5 cm³/mol. The normalized spacial score (nSPS) is 10.8. The van der Waals surface area contributed by atoms with Crippen molar-refractivity contribution < 1.29 is 0 Å². The monoisotopic (exact) mass is 274 g/mol. The van der Waals surface area contributed by atoms with Crippen LogP contribution in [0.4, 0.5) is 5.82 Å². The Morgan fingerprint density at radius 3 is 2.70 bits per heavy atom. The van der Waals surface area contributed by atoms with Crippen LogP contribution in [0.15, 0.2) is 12.5 Å². The number of hydrogen-bond donors (Lipinski definition) is 1. The number of nitrogens with one attached hydrogen (secondary N) is 1. The highest BCUT2D eigenvalue weighted by atomic mass is 15.4. The Morgan fingerprint density at radius 2 is 2.00 bits per heavy atom. The van der Waals surface area contributed by atoms with Gasteiger partial charge in [-0.15, -0.1) is 5.10 Å². The summed E-state index contributed by atoms with van der Waals surface area (Å²) in [5, 5.41) is 11.5. The number of aromatic nitrogens is 5. The highest BCUT2D eigenvalue weighted by Gasteiger charge is 2.15. The lowest BCUT2D eigenvalue weighted by atomic mass is 10.1. The molecule has 20 heavy (non-hydrogen) atoms. The Kier molecular flexibility index (Phi) is 5.03. The Hall–Kier alpha value is -1.98. The Labute approximate surface area is 119 Å². The summed E-state index contributed by atoms with van der Waals surface area (Å²) in [7, 11) is 0. The van der Waals surface area contributed by atoms with Crippen LogP contribution >= 0.6 is 0 Å². The van der Waals surface area contributed by atoms with Crippen molar-refractivity contribution in [2.24, 2.45) is 0 Å². The van der Waals surface area contributed by atoms with E-state index in [0.29, 0.717) is 0 Å². The molecule has 2 aromatic heterocycles. The largest absolute Gasteiger partial charge is 0.370 e. The van der Waals surface area contributed by atoms with E-state index in [4.69, 9.17) is 0 Å². The molecule has 2 heterocycles. The first-order valence-electron chi connectivity index (χ1n) is 7.28. The van der Waals surface area contributed by atoms with Gasteiger partial charge < -0.3 is 5.32 Å². The molecule has 0 fully saturated rings. The Bertz CT molecular complexity index is 548. The van der Waals surface area contributed by atoms with E-state index in [9.17, 15) is 0 Å². The Morgan fingerprint density at radius 1 is 1.15 bits per heavy atom. The van der Waals surface area contributed by atoms with Gasteiger partial charge in [-0.2, -0.15) is 0 Å². The summed E-state index contributed by atoms with van der Waals surface area (Å²) >= 11 is 0. The third-order valence-electron chi connectivity index (χ3n) is 3.14. The topological polar surface area (TPSA) is 68.5 Å². The van der Waals surface area contributed by atoms with Gasteiger partial charge in [0, 0.05) is 18.7 Å². The lowest BCUT2D eigenvalue weighted by Gasteiger charge is -2.13. The molecule has 6 nitrogen and oxygen atoms in total.